The van der Waals surface area contributed by atoms with E-state index in [4.69, 9.17) is 10.00 Å². The number of carbonyl (C=O) groups is 1. The van der Waals surface area contributed by atoms with E-state index in [1.807, 2.05) is 32.3 Å². The van der Waals surface area contributed by atoms with Gasteiger partial charge in [-0.1, -0.05) is 49.0 Å². The maximum atomic E-state index is 12.6. The molecule has 0 bridgehead atoms. The van der Waals surface area contributed by atoms with Crippen LogP contribution < -0.4 is 4.74 Å². The minimum atomic E-state index is -0.0797. The molecule has 2 unspecified atom stereocenters. The number of hydrogen-bond donors (Lipinski definition) is 0. The van der Waals surface area contributed by atoms with Crippen molar-refractivity contribution in [3.63, 3.8) is 0 Å². The van der Waals surface area contributed by atoms with Crippen molar-refractivity contribution in [2.24, 2.45) is 11.0 Å². The lowest BCUT2D eigenvalue weighted by atomic mass is 9.86. The van der Waals surface area contributed by atoms with Crippen molar-refractivity contribution < 1.29 is 9.53 Å². The minimum absolute atomic E-state index is 0.00214. The maximum Gasteiger partial charge on any atom is 0.302 e. The number of allylic oxidation sites excluding steroid dienone is 2. The zero-order valence-electron chi connectivity index (χ0n) is 20.8. The summed E-state index contributed by atoms with van der Waals surface area (Å²) < 4.78 is 5.76. The number of thioether (sulfide) groups is 1. The van der Waals surface area contributed by atoms with Gasteiger partial charge in [-0.15, -0.1) is 0 Å². The summed E-state index contributed by atoms with van der Waals surface area (Å²) in [5.74, 6) is 2.13. The largest absolute Gasteiger partial charge is 0.490 e. The topological polar surface area (TPSA) is 94.7 Å². The Hall–Kier alpha value is -3.48. The molecule has 4 rings (SSSR count). The molecule has 0 N–H and O–H groups in total. The molecule has 0 saturated carbocycles. The van der Waals surface area contributed by atoms with Crippen molar-refractivity contribution in [2.45, 2.75) is 19.3 Å². The molecule has 1 amide bonds. The fourth-order valence-corrected chi connectivity index (χ4v) is 4.70. The Labute approximate surface area is 216 Å². The molecule has 2 aliphatic rings. The second kappa shape index (κ2) is 12.0. The Morgan fingerprint density at radius 1 is 1.22 bits per heavy atom. The van der Waals surface area contributed by atoms with Gasteiger partial charge >= 0.3 is 5.24 Å². The molecular weight excluding hydrogens is 472 g/mol. The van der Waals surface area contributed by atoms with Crippen LogP contribution in [0.5, 0.6) is 5.75 Å². The SMILES string of the molecule is CC1C=CC(CN2N=C(c3ccc(C#N)cc3)CSC2=O)=CC1c1ncc(OCCCN(C)C)cn1. The molecule has 0 fully saturated rings. The van der Waals surface area contributed by atoms with Gasteiger partial charge in [0.15, 0.2) is 5.75 Å². The van der Waals surface area contributed by atoms with E-state index in [1.165, 1.54) is 16.8 Å². The van der Waals surface area contributed by atoms with Crippen molar-refractivity contribution in [1.82, 2.24) is 19.9 Å². The van der Waals surface area contributed by atoms with Crippen LogP contribution in [0.2, 0.25) is 0 Å². The smallest absolute Gasteiger partial charge is 0.302 e. The first-order chi connectivity index (χ1) is 17.4. The fourth-order valence-electron chi connectivity index (χ4n) is 3.96. The molecule has 9 heteroatoms. The number of hydrogen-bond acceptors (Lipinski definition) is 8. The number of benzene rings is 1. The van der Waals surface area contributed by atoms with Gasteiger partial charge in [-0.2, -0.15) is 10.4 Å². The number of ether oxygens (including phenoxy) is 1. The zero-order valence-corrected chi connectivity index (χ0v) is 21.6. The second-order valence-corrected chi connectivity index (χ2v) is 10.0. The molecule has 1 aliphatic carbocycles. The van der Waals surface area contributed by atoms with Crippen LogP contribution in [0.15, 0.2) is 65.6 Å². The predicted molar refractivity (Wildman–Crippen MR) is 142 cm³/mol. The Balaban J connectivity index is 1.44. The molecule has 8 nitrogen and oxygen atoms in total. The zero-order chi connectivity index (χ0) is 25.5. The summed E-state index contributed by atoms with van der Waals surface area (Å²) in [5, 5.41) is 15.1. The van der Waals surface area contributed by atoms with Crippen molar-refractivity contribution in [1.29, 1.82) is 5.26 Å². The van der Waals surface area contributed by atoms with Crippen LogP contribution in [-0.2, 0) is 0 Å². The summed E-state index contributed by atoms with van der Waals surface area (Å²) in [6.07, 6.45) is 10.7. The van der Waals surface area contributed by atoms with Crippen molar-refractivity contribution in [2.75, 3.05) is 39.5 Å². The first kappa shape index (κ1) is 25.6. The molecule has 0 saturated heterocycles. The Morgan fingerprint density at radius 3 is 2.67 bits per heavy atom. The lowest BCUT2D eigenvalue weighted by Crippen LogP contribution is -2.31. The molecular formula is C27H30N6O2S. The Bertz CT molecular complexity index is 1200. The number of nitriles is 1. The van der Waals surface area contributed by atoms with Crippen molar-refractivity contribution in [3.8, 4) is 11.8 Å². The summed E-state index contributed by atoms with van der Waals surface area (Å²) in [6.45, 7) is 4.10. The summed E-state index contributed by atoms with van der Waals surface area (Å²) >= 11 is 1.24. The van der Waals surface area contributed by atoms with E-state index in [9.17, 15) is 4.79 Å². The molecule has 36 heavy (non-hydrogen) atoms. The molecule has 2 heterocycles. The average Bonchev–Trinajstić information content (AvgIpc) is 2.89. The van der Waals surface area contributed by atoms with Gasteiger partial charge < -0.3 is 9.64 Å². The number of nitrogens with zero attached hydrogens (tertiary/aromatic N) is 6. The van der Waals surface area contributed by atoms with Crippen molar-refractivity contribution >= 4 is 22.7 Å². The molecule has 2 atom stereocenters. The summed E-state index contributed by atoms with van der Waals surface area (Å²) in [6, 6.07) is 9.40. The highest BCUT2D eigenvalue weighted by Gasteiger charge is 2.26. The van der Waals surface area contributed by atoms with Gasteiger partial charge in [0.1, 0.15) is 5.82 Å². The average molecular weight is 503 g/mol. The highest BCUT2D eigenvalue weighted by Crippen LogP contribution is 2.31. The Kier molecular flexibility index (Phi) is 8.52. The van der Waals surface area contributed by atoms with Gasteiger partial charge in [0.2, 0.25) is 0 Å². The van der Waals surface area contributed by atoms with E-state index in [0.717, 1.165) is 35.6 Å². The van der Waals surface area contributed by atoms with Gasteiger partial charge in [0.05, 0.1) is 42.9 Å². The normalized spacial score (nSPS) is 19.6. The van der Waals surface area contributed by atoms with E-state index < -0.39 is 0 Å². The van der Waals surface area contributed by atoms with Crippen LogP contribution >= 0.6 is 11.8 Å². The second-order valence-electron chi connectivity index (χ2n) is 9.12. The minimum Gasteiger partial charge on any atom is -0.490 e. The summed E-state index contributed by atoms with van der Waals surface area (Å²) in [5.41, 5.74) is 3.32. The third kappa shape index (κ3) is 6.59. The highest BCUT2D eigenvalue weighted by molar-refractivity contribution is 8.14. The van der Waals surface area contributed by atoms with Gasteiger partial charge in [0, 0.05) is 18.2 Å². The number of aromatic nitrogens is 2. The van der Waals surface area contributed by atoms with Crippen LogP contribution in [0.3, 0.4) is 0 Å². The first-order valence-corrected chi connectivity index (χ1v) is 12.9. The van der Waals surface area contributed by atoms with Gasteiger partial charge in [-0.25, -0.2) is 15.0 Å². The molecule has 2 aromatic rings. The van der Waals surface area contributed by atoms with Crippen LogP contribution in [0.1, 0.15) is 36.2 Å². The number of hydrazone groups is 1. The standard InChI is InChI=1S/C27H30N6O2S/c1-19-5-6-21(13-24(19)26-29-15-23(16-30-26)35-12-4-11-32(2)3)17-33-27(34)36-18-25(31-33)22-9-7-20(14-28)8-10-22/h5-10,13,15-16,19,24H,4,11-12,17-18H2,1-3H3. The molecule has 0 spiro atoms. The Morgan fingerprint density at radius 2 is 1.97 bits per heavy atom. The number of carbonyl (C=O) groups excluding carboxylic acids is 1. The lowest BCUT2D eigenvalue weighted by Gasteiger charge is -2.26. The highest BCUT2D eigenvalue weighted by atomic mass is 32.2. The maximum absolute atomic E-state index is 12.6. The lowest BCUT2D eigenvalue weighted by molar-refractivity contribution is 0.229. The number of amides is 1. The van der Waals surface area contributed by atoms with Crippen LogP contribution in [0.4, 0.5) is 4.79 Å². The predicted octanol–water partition coefficient (Wildman–Crippen LogP) is 4.47. The monoisotopic (exact) mass is 502 g/mol. The number of rotatable bonds is 9. The summed E-state index contributed by atoms with van der Waals surface area (Å²) in [4.78, 5) is 23.9. The van der Waals surface area contributed by atoms with E-state index >= 15 is 0 Å². The van der Waals surface area contributed by atoms with Gasteiger partial charge in [-0.3, -0.25) is 4.79 Å². The third-order valence-electron chi connectivity index (χ3n) is 6.00. The third-order valence-corrected chi connectivity index (χ3v) is 6.88. The summed E-state index contributed by atoms with van der Waals surface area (Å²) in [7, 11) is 4.08. The van der Waals surface area contributed by atoms with E-state index in [-0.39, 0.29) is 17.1 Å². The van der Waals surface area contributed by atoms with Crippen LogP contribution in [-0.4, -0.2) is 70.4 Å². The molecule has 1 aliphatic heterocycles. The van der Waals surface area contributed by atoms with E-state index in [2.05, 4.69) is 45.1 Å². The van der Waals surface area contributed by atoms with E-state index in [1.54, 1.807) is 24.5 Å². The molecule has 1 aromatic heterocycles. The molecule has 0 radical (unpaired) electrons. The quantitative estimate of drug-likeness (QED) is 0.467. The van der Waals surface area contributed by atoms with Gasteiger partial charge in [0.25, 0.3) is 0 Å². The molecule has 186 valence electrons. The van der Waals surface area contributed by atoms with Crippen LogP contribution in [0, 0.1) is 17.2 Å². The van der Waals surface area contributed by atoms with Crippen LogP contribution in [0.25, 0.3) is 0 Å². The van der Waals surface area contributed by atoms with Crippen molar-refractivity contribution in [3.05, 3.63) is 77.4 Å². The first-order valence-electron chi connectivity index (χ1n) is 11.9. The molecule has 1 aromatic carbocycles. The van der Waals surface area contributed by atoms with E-state index in [0.29, 0.717) is 30.2 Å². The van der Waals surface area contributed by atoms with Gasteiger partial charge in [-0.05, 0) is 49.7 Å². The fraction of sp³-hybridized carbons (Fsp3) is 0.370.